The van der Waals surface area contributed by atoms with Crippen molar-refractivity contribution in [2.75, 3.05) is 19.7 Å². The van der Waals surface area contributed by atoms with Gasteiger partial charge in [-0.1, -0.05) is 13.3 Å². The highest BCUT2D eigenvalue weighted by molar-refractivity contribution is 7.87. The van der Waals surface area contributed by atoms with Crippen molar-refractivity contribution >= 4 is 10.2 Å². The van der Waals surface area contributed by atoms with Crippen molar-refractivity contribution in [2.45, 2.75) is 32.4 Å². The van der Waals surface area contributed by atoms with Gasteiger partial charge in [0, 0.05) is 13.2 Å². The van der Waals surface area contributed by atoms with E-state index in [-0.39, 0.29) is 19.1 Å². The Morgan fingerprint density at radius 1 is 1.22 bits per heavy atom. The molecule has 0 amide bonds. The van der Waals surface area contributed by atoms with Gasteiger partial charge in [0.15, 0.2) is 0 Å². The lowest BCUT2D eigenvalue weighted by atomic mass is 10.0. The third-order valence-corrected chi connectivity index (χ3v) is 3.33. The Kier molecular flexibility index (Phi) is 7.76. The Balaban J connectivity index is 4.15. The average Bonchev–Trinajstić information content (AvgIpc) is 2.23. The van der Waals surface area contributed by atoms with E-state index in [4.69, 9.17) is 5.11 Å². The summed E-state index contributed by atoms with van der Waals surface area (Å²) in [4.78, 5) is 0. The fourth-order valence-electron chi connectivity index (χ4n) is 1.39. The van der Waals surface area contributed by atoms with Crippen LogP contribution in [0.2, 0.25) is 0 Å². The van der Waals surface area contributed by atoms with Gasteiger partial charge < -0.3 is 5.11 Å². The molecule has 0 saturated carbocycles. The SMILES string of the molecule is CCCC(CCO)CNS(=O)(=O)NCC(F)(F)F. The summed E-state index contributed by atoms with van der Waals surface area (Å²) >= 11 is 0. The van der Waals surface area contributed by atoms with E-state index < -0.39 is 22.9 Å². The maximum absolute atomic E-state index is 11.8. The van der Waals surface area contributed by atoms with E-state index in [1.165, 1.54) is 4.72 Å². The van der Waals surface area contributed by atoms with Gasteiger partial charge in [-0.25, -0.2) is 4.72 Å². The van der Waals surface area contributed by atoms with E-state index >= 15 is 0 Å². The first-order valence-corrected chi connectivity index (χ1v) is 7.10. The topological polar surface area (TPSA) is 78.4 Å². The first-order chi connectivity index (χ1) is 8.20. The zero-order valence-corrected chi connectivity index (χ0v) is 10.9. The summed E-state index contributed by atoms with van der Waals surface area (Å²) in [5.41, 5.74) is 0. The molecule has 110 valence electrons. The number of aliphatic hydroxyl groups excluding tert-OH is 1. The molecule has 0 saturated heterocycles. The molecule has 0 radical (unpaired) electrons. The van der Waals surface area contributed by atoms with Crippen molar-refractivity contribution < 1.29 is 26.7 Å². The minimum absolute atomic E-state index is 0.0155. The molecule has 18 heavy (non-hydrogen) atoms. The van der Waals surface area contributed by atoms with Crippen LogP contribution in [0.1, 0.15) is 26.2 Å². The minimum Gasteiger partial charge on any atom is -0.396 e. The zero-order valence-electron chi connectivity index (χ0n) is 10.1. The van der Waals surface area contributed by atoms with Crippen LogP contribution in [0, 0.1) is 5.92 Å². The quantitative estimate of drug-likeness (QED) is 0.587. The van der Waals surface area contributed by atoms with E-state index in [1.807, 2.05) is 6.92 Å². The van der Waals surface area contributed by atoms with Crippen LogP contribution in [0.5, 0.6) is 0 Å². The number of aliphatic hydroxyl groups is 1. The fraction of sp³-hybridized carbons (Fsp3) is 1.00. The highest BCUT2D eigenvalue weighted by atomic mass is 32.2. The predicted molar refractivity (Wildman–Crippen MR) is 61.1 cm³/mol. The lowest BCUT2D eigenvalue weighted by Gasteiger charge is -2.16. The van der Waals surface area contributed by atoms with Crippen LogP contribution in [-0.4, -0.2) is 39.4 Å². The predicted octanol–water partition coefficient (Wildman–Crippen LogP) is 0.771. The van der Waals surface area contributed by atoms with Crippen molar-refractivity contribution in [1.82, 2.24) is 9.44 Å². The monoisotopic (exact) mass is 292 g/mol. The van der Waals surface area contributed by atoms with Crippen molar-refractivity contribution in [1.29, 1.82) is 0 Å². The molecule has 3 N–H and O–H groups in total. The highest BCUT2D eigenvalue weighted by Crippen LogP contribution is 2.13. The summed E-state index contributed by atoms with van der Waals surface area (Å²) in [5.74, 6) is -0.0811. The maximum atomic E-state index is 11.8. The second-order valence-electron chi connectivity index (χ2n) is 3.96. The summed E-state index contributed by atoms with van der Waals surface area (Å²) in [7, 11) is -4.15. The molecular formula is C9H19F3N2O3S. The molecule has 5 nitrogen and oxygen atoms in total. The number of alkyl halides is 3. The largest absolute Gasteiger partial charge is 0.402 e. The Labute approximate surface area is 105 Å². The van der Waals surface area contributed by atoms with Crippen molar-refractivity contribution in [3.63, 3.8) is 0 Å². The van der Waals surface area contributed by atoms with Crippen LogP contribution in [0.25, 0.3) is 0 Å². The van der Waals surface area contributed by atoms with E-state index in [9.17, 15) is 21.6 Å². The molecule has 9 heteroatoms. The number of rotatable bonds is 9. The van der Waals surface area contributed by atoms with Gasteiger partial charge in [-0.05, 0) is 18.8 Å². The summed E-state index contributed by atoms with van der Waals surface area (Å²) in [6.07, 6.45) is -2.66. The standard InChI is InChI=1S/C9H19F3N2O3S/c1-2-3-8(4-5-15)6-13-18(16,17)14-7-9(10,11)12/h8,13-15H,2-7H2,1H3. The third-order valence-electron chi connectivity index (χ3n) is 2.26. The Hall–Kier alpha value is -0.380. The second kappa shape index (κ2) is 7.93. The van der Waals surface area contributed by atoms with E-state index in [2.05, 4.69) is 4.72 Å². The van der Waals surface area contributed by atoms with Crippen LogP contribution < -0.4 is 9.44 Å². The second-order valence-corrected chi connectivity index (χ2v) is 5.54. The molecule has 0 aliphatic carbocycles. The van der Waals surface area contributed by atoms with Crippen LogP contribution in [-0.2, 0) is 10.2 Å². The van der Waals surface area contributed by atoms with E-state index in [1.54, 1.807) is 0 Å². The normalized spacial score (nSPS) is 14.7. The number of nitrogens with one attached hydrogen (secondary N) is 2. The van der Waals surface area contributed by atoms with Gasteiger partial charge >= 0.3 is 6.18 Å². The van der Waals surface area contributed by atoms with Crippen LogP contribution >= 0.6 is 0 Å². The number of hydrogen-bond acceptors (Lipinski definition) is 3. The summed E-state index contributed by atoms with van der Waals surface area (Å²) in [5, 5.41) is 8.76. The smallest absolute Gasteiger partial charge is 0.396 e. The van der Waals surface area contributed by atoms with Crippen LogP contribution in [0.4, 0.5) is 13.2 Å². The minimum atomic E-state index is -4.58. The maximum Gasteiger partial charge on any atom is 0.402 e. The molecule has 1 atom stereocenters. The summed E-state index contributed by atoms with van der Waals surface area (Å²) < 4.78 is 61.4. The molecule has 1 unspecified atom stereocenters. The van der Waals surface area contributed by atoms with Gasteiger partial charge in [-0.15, -0.1) is 0 Å². The molecule has 0 aromatic carbocycles. The van der Waals surface area contributed by atoms with Gasteiger partial charge in [-0.3, -0.25) is 0 Å². The molecule has 0 heterocycles. The van der Waals surface area contributed by atoms with Gasteiger partial charge in [0.25, 0.3) is 10.2 Å². The van der Waals surface area contributed by atoms with Gasteiger partial charge in [-0.2, -0.15) is 26.3 Å². The Bertz CT molecular complexity index is 314. The van der Waals surface area contributed by atoms with Crippen LogP contribution in [0.15, 0.2) is 0 Å². The number of hydrogen-bond donors (Lipinski definition) is 3. The number of halogens is 3. The summed E-state index contributed by atoms with van der Waals surface area (Å²) in [6.45, 7) is 0.242. The molecule has 0 rings (SSSR count). The van der Waals surface area contributed by atoms with Crippen molar-refractivity contribution in [3.8, 4) is 0 Å². The molecule has 0 bridgehead atoms. The third kappa shape index (κ3) is 9.63. The lowest BCUT2D eigenvalue weighted by molar-refractivity contribution is -0.121. The summed E-state index contributed by atoms with van der Waals surface area (Å²) in [6, 6.07) is 0. The zero-order chi connectivity index (χ0) is 14.2. The fourth-order valence-corrected chi connectivity index (χ4v) is 2.31. The molecule has 0 fully saturated rings. The highest BCUT2D eigenvalue weighted by Gasteiger charge is 2.29. The first kappa shape index (κ1) is 17.6. The Morgan fingerprint density at radius 3 is 2.28 bits per heavy atom. The van der Waals surface area contributed by atoms with Gasteiger partial charge in [0.05, 0.1) is 0 Å². The molecular weight excluding hydrogens is 273 g/mol. The van der Waals surface area contributed by atoms with Crippen molar-refractivity contribution in [3.05, 3.63) is 0 Å². The van der Waals surface area contributed by atoms with Gasteiger partial charge in [0.1, 0.15) is 6.54 Å². The molecule has 0 spiro atoms. The molecule has 0 aliphatic heterocycles. The molecule has 0 aromatic heterocycles. The first-order valence-electron chi connectivity index (χ1n) is 5.62. The van der Waals surface area contributed by atoms with Gasteiger partial charge in [0.2, 0.25) is 0 Å². The Morgan fingerprint density at radius 2 is 1.83 bits per heavy atom. The van der Waals surface area contributed by atoms with Crippen molar-refractivity contribution in [2.24, 2.45) is 5.92 Å². The molecule has 0 aliphatic rings. The van der Waals surface area contributed by atoms with E-state index in [0.717, 1.165) is 6.42 Å². The lowest BCUT2D eigenvalue weighted by Crippen LogP contribution is -2.43. The van der Waals surface area contributed by atoms with E-state index in [0.29, 0.717) is 12.8 Å². The average molecular weight is 292 g/mol. The molecule has 0 aromatic rings. The van der Waals surface area contributed by atoms with Crippen LogP contribution in [0.3, 0.4) is 0 Å².